The van der Waals surface area contributed by atoms with Crippen molar-refractivity contribution in [2.24, 2.45) is 0 Å². The molecule has 0 bridgehead atoms. The Kier molecular flexibility index (Phi) is 4.87. The summed E-state index contributed by atoms with van der Waals surface area (Å²) in [6.45, 7) is 7.42. The lowest BCUT2D eigenvalue weighted by molar-refractivity contribution is 0.132. The van der Waals surface area contributed by atoms with Gasteiger partial charge in [0.1, 0.15) is 5.75 Å². The van der Waals surface area contributed by atoms with E-state index < -0.39 is 0 Å². The van der Waals surface area contributed by atoms with Gasteiger partial charge in [-0.3, -0.25) is 9.80 Å². The Balaban J connectivity index is 1.64. The standard InChI is InChI=1S/C15H20BrClN2O/c16-2-3-18-4-6-19(7-5-18)11-13-10-14(17)9-12-1-8-20-15(12)13/h9-10H,1-8,11H2. The SMILES string of the molecule is Clc1cc2c(c(CN3CCN(CCBr)CC3)c1)OCC2. The van der Waals surface area contributed by atoms with Crippen LogP contribution in [0.15, 0.2) is 12.1 Å². The topological polar surface area (TPSA) is 15.7 Å². The number of rotatable bonds is 4. The van der Waals surface area contributed by atoms with Crippen molar-refractivity contribution >= 4 is 27.5 Å². The van der Waals surface area contributed by atoms with E-state index >= 15 is 0 Å². The fraction of sp³-hybridized carbons (Fsp3) is 0.600. The molecule has 0 saturated carbocycles. The van der Waals surface area contributed by atoms with Gasteiger partial charge in [0.2, 0.25) is 0 Å². The molecular weight excluding hydrogens is 340 g/mol. The van der Waals surface area contributed by atoms with Gasteiger partial charge in [0.05, 0.1) is 6.61 Å². The van der Waals surface area contributed by atoms with Crippen molar-refractivity contribution in [3.05, 3.63) is 28.3 Å². The van der Waals surface area contributed by atoms with E-state index in [1.54, 1.807) is 0 Å². The molecule has 0 radical (unpaired) electrons. The molecule has 2 aliphatic heterocycles. The quantitative estimate of drug-likeness (QED) is 0.769. The zero-order valence-electron chi connectivity index (χ0n) is 11.6. The van der Waals surface area contributed by atoms with Gasteiger partial charge in [-0.15, -0.1) is 0 Å². The van der Waals surface area contributed by atoms with Crippen molar-refractivity contribution < 1.29 is 4.74 Å². The molecule has 1 fully saturated rings. The van der Waals surface area contributed by atoms with Crippen LogP contribution in [0, 0.1) is 0 Å². The maximum absolute atomic E-state index is 6.22. The van der Waals surface area contributed by atoms with E-state index in [0.29, 0.717) is 0 Å². The monoisotopic (exact) mass is 358 g/mol. The van der Waals surface area contributed by atoms with Crippen molar-refractivity contribution in [1.82, 2.24) is 9.80 Å². The first-order valence-corrected chi connectivity index (χ1v) is 8.71. The highest BCUT2D eigenvalue weighted by Gasteiger charge is 2.21. The lowest BCUT2D eigenvalue weighted by Gasteiger charge is -2.34. The second-order valence-electron chi connectivity index (χ2n) is 5.46. The molecule has 0 amide bonds. The lowest BCUT2D eigenvalue weighted by Crippen LogP contribution is -2.46. The van der Waals surface area contributed by atoms with Crippen LogP contribution in [0.25, 0.3) is 0 Å². The molecular formula is C15H20BrClN2O. The van der Waals surface area contributed by atoms with E-state index in [2.05, 4.69) is 31.8 Å². The molecule has 0 N–H and O–H groups in total. The summed E-state index contributed by atoms with van der Waals surface area (Å²) in [5, 5.41) is 1.89. The largest absolute Gasteiger partial charge is 0.493 e. The van der Waals surface area contributed by atoms with Crippen LogP contribution >= 0.6 is 27.5 Å². The van der Waals surface area contributed by atoms with Gasteiger partial charge in [-0.2, -0.15) is 0 Å². The molecule has 0 atom stereocenters. The van der Waals surface area contributed by atoms with Crippen LogP contribution in [0.5, 0.6) is 5.75 Å². The minimum atomic E-state index is 0.793. The summed E-state index contributed by atoms with van der Waals surface area (Å²) in [4.78, 5) is 5.00. The van der Waals surface area contributed by atoms with Crippen molar-refractivity contribution in [2.75, 3.05) is 44.7 Å². The molecule has 0 aromatic heterocycles. The van der Waals surface area contributed by atoms with Crippen molar-refractivity contribution in [2.45, 2.75) is 13.0 Å². The number of fused-ring (bicyclic) bond motifs is 1. The summed E-state index contributed by atoms with van der Waals surface area (Å²) in [5.41, 5.74) is 2.52. The van der Waals surface area contributed by atoms with Crippen LogP contribution < -0.4 is 4.74 Å². The number of nitrogens with zero attached hydrogens (tertiary/aromatic N) is 2. The highest BCUT2D eigenvalue weighted by atomic mass is 79.9. The first-order valence-electron chi connectivity index (χ1n) is 7.21. The number of alkyl halides is 1. The number of ether oxygens (including phenoxy) is 1. The predicted molar refractivity (Wildman–Crippen MR) is 86.2 cm³/mol. The normalized spacial score (nSPS) is 19.9. The summed E-state index contributed by atoms with van der Waals surface area (Å²) in [6, 6.07) is 4.11. The van der Waals surface area contributed by atoms with Gasteiger partial charge in [-0.05, 0) is 17.7 Å². The molecule has 1 aromatic rings. The van der Waals surface area contributed by atoms with Gasteiger partial charge in [-0.25, -0.2) is 0 Å². The third-order valence-corrected chi connectivity index (χ3v) is 4.66. The minimum Gasteiger partial charge on any atom is -0.493 e. The lowest BCUT2D eigenvalue weighted by atomic mass is 10.1. The highest BCUT2D eigenvalue weighted by molar-refractivity contribution is 9.09. The number of hydrogen-bond acceptors (Lipinski definition) is 3. The second kappa shape index (κ2) is 6.65. The summed E-state index contributed by atoms with van der Waals surface area (Å²) in [7, 11) is 0. The highest BCUT2D eigenvalue weighted by Crippen LogP contribution is 2.33. The van der Waals surface area contributed by atoms with E-state index in [1.165, 1.54) is 11.1 Å². The molecule has 0 unspecified atom stereocenters. The Morgan fingerprint density at radius 2 is 1.90 bits per heavy atom. The summed E-state index contributed by atoms with van der Waals surface area (Å²) < 4.78 is 5.78. The maximum Gasteiger partial charge on any atom is 0.127 e. The molecule has 1 aromatic carbocycles. The number of halogens is 2. The Morgan fingerprint density at radius 3 is 2.65 bits per heavy atom. The molecule has 1 saturated heterocycles. The number of hydrogen-bond donors (Lipinski definition) is 0. The zero-order valence-corrected chi connectivity index (χ0v) is 13.9. The van der Waals surface area contributed by atoms with Crippen LogP contribution in [-0.2, 0) is 13.0 Å². The smallest absolute Gasteiger partial charge is 0.127 e. The average Bonchev–Trinajstić information content (AvgIpc) is 2.89. The van der Waals surface area contributed by atoms with Crippen LogP contribution in [-0.4, -0.2) is 54.5 Å². The van der Waals surface area contributed by atoms with Crippen molar-refractivity contribution in [3.63, 3.8) is 0 Å². The molecule has 3 nitrogen and oxygen atoms in total. The summed E-state index contributed by atoms with van der Waals surface area (Å²) >= 11 is 9.73. The van der Waals surface area contributed by atoms with Gasteiger partial charge in [0.25, 0.3) is 0 Å². The Morgan fingerprint density at radius 1 is 1.15 bits per heavy atom. The van der Waals surface area contributed by atoms with Gasteiger partial charge >= 0.3 is 0 Å². The van der Waals surface area contributed by atoms with Gasteiger partial charge < -0.3 is 4.74 Å². The molecule has 0 spiro atoms. The summed E-state index contributed by atoms with van der Waals surface area (Å²) in [6.07, 6.45) is 0.988. The van der Waals surface area contributed by atoms with Crippen LogP contribution in [0.2, 0.25) is 5.02 Å². The first kappa shape index (κ1) is 14.6. The number of piperazine rings is 1. The van der Waals surface area contributed by atoms with Crippen molar-refractivity contribution in [3.8, 4) is 5.75 Å². The zero-order chi connectivity index (χ0) is 13.9. The Bertz CT molecular complexity index is 475. The van der Waals surface area contributed by atoms with Crippen LogP contribution in [0.1, 0.15) is 11.1 Å². The first-order chi connectivity index (χ1) is 9.76. The number of benzene rings is 1. The Labute approximate surface area is 134 Å². The predicted octanol–water partition coefficient (Wildman–Crippen LogP) is 2.79. The fourth-order valence-corrected chi connectivity index (χ4v) is 3.76. The van der Waals surface area contributed by atoms with Crippen LogP contribution in [0.4, 0.5) is 0 Å². The molecule has 20 heavy (non-hydrogen) atoms. The third-order valence-electron chi connectivity index (χ3n) is 4.08. The molecule has 2 heterocycles. The molecule has 2 aliphatic rings. The van der Waals surface area contributed by atoms with Crippen LogP contribution in [0.3, 0.4) is 0 Å². The molecule has 3 rings (SSSR count). The third kappa shape index (κ3) is 3.30. The van der Waals surface area contributed by atoms with Gasteiger partial charge in [0.15, 0.2) is 0 Å². The maximum atomic E-state index is 6.22. The Hall–Kier alpha value is -0.290. The van der Waals surface area contributed by atoms with E-state index in [1.807, 2.05) is 6.07 Å². The van der Waals surface area contributed by atoms with E-state index in [-0.39, 0.29) is 0 Å². The van der Waals surface area contributed by atoms with E-state index in [9.17, 15) is 0 Å². The fourth-order valence-electron chi connectivity index (χ4n) is 2.99. The van der Waals surface area contributed by atoms with Gasteiger partial charge in [0, 0.05) is 61.6 Å². The van der Waals surface area contributed by atoms with E-state index in [0.717, 1.165) is 68.4 Å². The van der Waals surface area contributed by atoms with Crippen molar-refractivity contribution in [1.29, 1.82) is 0 Å². The molecule has 110 valence electrons. The average molecular weight is 360 g/mol. The second-order valence-corrected chi connectivity index (χ2v) is 6.69. The molecule has 0 aliphatic carbocycles. The molecule has 5 heteroatoms. The van der Waals surface area contributed by atoms with Gasteiger partial charge in [-0.1, -0.05) is 27.5 Å². The summed E-state index contributed by atoms with van der Waals surface area (Å²) in [5.74, 6) is 1.08. The van der Waals surface area contributed by atoms with E-state index in [4.69, 9.17) is 16.3 Å². The minimum absolute atomic E-state index is 0.793.